The zero-order chi connectivity index (χ0) is 8.55. The Hall–Kier alpha value is -1.58. The Bertz CT molecular complexity index is 375. The van der Waals surface area contributed by atoms with Crippen molar-refractivity contribution in [2.45, 2.75) is 6.92 Å². The van der Waals surface area contributed by atoms with Crippen LogP contribution in [0.2, 0.25) is 0 Å². The molecule has 0 spiro atoms. The van der Waals surface area contributed by atoms with E-state index in [-0.39, 0.29) is 0 Å². The Morgan fingerprint density at radius 1 is 1.42 bits per heavy atom. The van der Waals surface area contributed by atoms with Gasteiger partial charge >= 0.3 is 0 Å². The van der Waals surface area contributed by atoms with Gasteiger partial charge in [0, 0.05) is 7.05 Å². The van der Waals surface area contributed by atoms with Crippen LogP contribution in [0.5, 0.6) is 0 Å². The van der Waals surface area contributed by atoms with Crippen LogP contribution in [0.3, 0.4) is 0 Å². The van der Waals surface area contributed by atoms with E-state index < -0.39 is 0 Å². The summed E-state index contributed by atoms with van der Waals surface area (Å²) in [4.78, 5) is 0. The first-order chi connectivity index (χ1) is 5.79. The zero-order valence-corrected chi connectivity index (χ0v) is 6.98. The minimum atomic E-state index is 0.748. The average molecular weight is 163 g/mol. The highest BCUT2D eigenvalue weighted by molar-refractivity contribution is 5.46. The minimum absolute atomic E-state index is 0.748. The van der Waals surface area contributed by atoms with Crippen LogP contribution in [0.15, 0.2) is 22.8 Å². The van der Waals surface area contributed by atoms with Crippen molar-refractivity contribution in [3.05, 3.63) is 24.2 Å². The van der Waals surface area contributed by atoms with Gasteiger partial charge < -0.3 is 8.98 Å². The number of hydrogen-bond donors (Lipinski definition) is 0. The molecule has 12 heavy (non-hydrogen) atoms. The first-order valence-corrected chi connectivity index (χ1v) is 3.69. The molecule has 0 amide bonds. The Morgan fingerprint density at radius 2 is 2.25 bits per heavy atom. The standard InChI is InChI=1S/C8H9N3O/c1-6-9-10-8(11(6)2)7-4-3-5-12-7/h3-5H,1-2H3. The lowest BCUT2D eigenvalue weighted by Gasteiger charge is -1.95. The first-order valence-electron chi connectivity index (χ1n) is 3.69. The molecular formula is C8H9N3O. The molecule has 0 unspecified atom stereocenters. The summed E-state index contributed by atoms with van der Waals surface area (Å²) in [5.41, 5.74) is 0. The molecule has 0 aliphatic heterocycles. The molecule has 0 radical (unpaired) electrons. The summed E-state index contributed by atoms with van der Waals surface area (Å²) in [7, 11) is 1.91. The number of nitrogens with zero attached hydrogens (tertiary/aromatic N) is 3. The summed E-state index contributed by atoms with van der Waals surface area (Å²) < 4.78 is 7.08. The molecule has 2 rings (SSSR count). The van der Waals surface area contributed by atoms with E-state index in [4.69, 9.17) is 4.42 Å². The SMILES string of the molecule is Cc1nnc(-c2ccco2)n1C. The largest absolute Gasteiger partial charge is 0.461 e. The number of hydrogen-bond acceptors (Lipinski definition) is 3. The number of aryl methyl sites for hydroxylation is 1. The molecule has 4 heteroatoms. The second-order valence-electron chi connectivity index (χ2n) is 2.61. The van der Waals surface area contributed by atoms with Gasteiger partial charge in [0.25, 0.3) is 0 Å². The Morgan fingerprint density at radius 3 is 2.75 bits per heavy atom. The monoisotopic (exact) mass is 163 g/mol. The summed E-state index contributed by atoms with van der Waals surface area (Å²) in [6.45, 7) is 1.90. The third-order valence-corrected chi connectivity index (χ3v) is 1.83. The van der Waals surface area contributed by atoms with Crippen LogP contribution in [0, 0.1) is 6.92 Å². The van der Waals surface area contributed by atoms with Crippen LogP contribution in [0.4, 0.5) is 0 Å². The van der Waals surface area contributed by atoms with Crippen molar-refractivity contribution < 1.29 is 4.42 Å². The van der Waals surface area contributed by atoms with E-state index in [2.05, 4.69) is 10.2 Å². The van der Waals surface area contributed by atoms with Crippen LogP contribution in [0.1, 0.15) is 5.82 Å². The van der Waals surface area contributed by atoms with Crippen molar-refractivity contribution in [3.63, 3.8) is 0 Å². The maximum Gasteiger partial charge on any atom is 0.199 e. The molecule has 0 atom stereocenters. The Labute approximate surface area is 69.8 Å². The molecule has 0 bridgehead atoms. The van der Waals surface area contributed by atoms with E-state index in [1.54, 1.807) is 6.26 Å². The zero-order valence-electron chi connectivity index (χ0n) is 6.98. The molecule has 2 aromatic heterocycles. The Kier molecular flexibility index (Phi) is 1.46. The van der Waals surface area contributed by atoms with Crippen LogP contribution >= 0.6 is 0 Å². The third kappa shape index (κ3) is 0.922. The molecule has 2 aromatic rings. The molecule has 0 aliphatic carbocycles. The van der Waals surface area contributed by atoms with Gasteiger partial charge in [-0.05, 0) is 19.1 Å². The normalized spacial score (nSPS) is 10.5. The quantitative estimate of drug-likeness (QED) is 0.638. The summed E-state index contributed by atoms with van der Waals surface area (Å²) in [6.07, 6.45) is 1.62. The summed E-state index contributed by atoms with van der Waals surface area (Å²) in [5, 5.41) is 7.90. The number of furan rings is 1. The van der Waals surface area contributed by atoms with Crippen molar-refractivity contribution >= 4 is 0 Å². The molecule has 0 aliphatic rings. The summed E-state index contributed by atoms with van der Waals surface area (Å²) in [5.74, 6) is 2.39. The lowest BCUT2D eigenvalue weighted by atomic mass is 10.4. The van der Waals surface area contributed by atoms with Crippen molar-refractivity contribution in [3.8, 4) is 11.6 Å². The average Bonchev–Trinajstić information content (AvgIpc) is 2.64. The fourth-order valence-electron chi connectivity index (χ4n) is 1.03. The molecule has 0 aromatic carbocycles. The van der Waals surface area contributed by atoms with Crippen LogP contribution in [-0.2, 0) is 7.05 Å². The van der Waals surface area contributed by atoms with Gasteiger partial charge in [-0.15, -0.1) is 10.2 Å². The smallest absolute Gasteiger partial charge is 0.199 e. The van der Waals surface area contributed by atoms with Crippen LogP contribution in [0.25, 0.3) is 11.6 Å². The fourth-order valence-corrected chi connectivity index (χ4v) is 1.03. The van der Waals surface area contributed by atoms with Gasteiger partial charge in [0.1, 0.15) is 5.82 Å². The van der Waals surface area contributed by atoms with Crippen molar-refractivity contribution in [2.24, 2.45) is 7.05 Å². The molecule has 0 N–H and O–H groups in total. The minimum Gasteiger partial charge on any atom is -0.461 e. The summed E-state index contributed by atoms with van der Waals surface area (Å²) >= 11 is 0. The molecule has 0 saturated carbocycles. The highest BCUT2D eigenvalue weighted by Gasteiger charge is 2.08. The molecule has 2 heterocycles. The number of rotatable bonds is 1. The first kappa shape index (κ1) is 7.09. The second-order valence-corrected chi connectivity index (χ2v) is 2.61. The van der Waals surface area contributed by atoms with Gasteiger partial charge in [-0.25, -0.2) is 0 Å². The van der Waals surface area contributed by atoms with Gasteiger partial charge in [-0.2, -0.15) is 0 Å². The predicted molar refractivity (Wildman–Crippen MR) is 43.4 cm³/mol. The fraction of sp³-hybridized carbons (Fsp3) is 0.250. The van der Waals surface area contributed by atoms with Gasteiger partial charge in [-0.3, -0.25) is 0 Å². The van der Waals surface area contributed by atoms with Gasteiger partial charge in [0.05, 0.1) is 6.26 Å². The highest BCUT2D eigenvalue weighted by atomic mass is 16.3. The Balaban J connectivity index is 2.55. The van der Waals surface area contributed by atoms with Gasteiger partial charge in [0.15, 0.2) is 11.6 Å². The molecule has 62 valence electrons. The lowest BCUT2D eigenvalue weighted by Crippen LogP contribution is -1.93. The van der Waals surface area contributed by atoms with Crippen molar-refractivity contribution in [1.29, 1.82) is 0 Å². The molecule has 4 nitrogen and oxygen atoms in total. The predicted octanol–water partition coefficient (Wildman–Crippen LogP) is 1.38. The van der Waals surface area contributed by atoms with E-state index >= 15 is 0 Å². The van der Waals surface area contributed by atoms with Gasteiger partial charge in [0.2, 0.25) is 0 Å². The topological polar surface area (TPSA) is 43.9 Å². The molecular weight excluding hydrogens is 154 g/mol. The maximum absolute atomic E-state index is 5.19. The van der Waals surface area contributed by atoms with E-state index in [9.17, 15) is 0 Å². The highest BCUT2D eigenvalue weighted by Crippen LogP contribution is 2.16. The van der Waals surface area contributed by atoms with E-state index in [1.165, 1.54) is 0 Å². The van der Waals surface area contributed by atoms with Crippen molar-refractivity contribution in [2.75, 3.05) is 0 Å². The second kappa shape index (κ2) is 2.48. The van der Waals surface area contributed by atoms with E-state index in [0.717, 1.165) is 17.4 Å². The number of aromatic nitrogens is 3. The third-order valence-electron chi connectivity index (χ3n) is 1.83. The molecule has 0 fully saturated rings. The lowest BCUT2D eigenvalue weighted by molar-refractivity contribution is 0.573. The van der Waals surface area contributed by atoms with Crippen molar-refractivity contribution in [1.82, 2.24) is 14.8 Å². The van der Waals surface area contributed by atoms with Crippen LogP contribution < -0.4 is 0 Å². The molecule has 0 saturated heterocycles. The van der Waals surface area contributed by atoms with E-state index in [1.807, 2.05) is 30.7 Å². The van der Waals surface area contributed by atoms with E-state index in [0.29, 0.717) is 0 Å². The van der Waals surface area contributed by atoms with Crippen LogP contribution in [-0.4, -0.2) is 14.8 Å². The maximum atomic E-state index is 5.19. The summed E-state index contributed by atoms with van der Waals surface area (Å²) in [6, 6.07) is 3.70. The van der Waals surface area contributed by atoms with Gasteiger partial charge in [-0.1, -0.05) is 0 Å².